The third-order valence-corrected chi connectivity index (χ3v) is 5.29. The molecule has 0 radical (unpaired) electrons. The van der Waals surface area contributed by atoms with Gasteiger partial charge in [-0.15, -0.1) is 0 Å². The molecule has 2 heterocycles. The first-order chi connectivity index (χ1) is 13.7. The molecule has 1 aromatic carbocycles. The maximum atomic E-state index is 13.3. The summed E-state index contributed by atoms with van der Waals surface area (Å²) in [5, 5.41) is 6.80. The Kier molecular flexibility index (Phi) is 4.55. The first-order valence-electron chi connectivity index (χ1n) is 9.21. The molecule has 5 nitrogen and oxygen atoms in total. The monoisotopic (exact) mass is 406 g/mol. The van der Waals surface area contributed by atoms with Crippen LogP contribution in [0.2, 0.25) is 0 Å². The Bertz CT molecular complexity index is 1070. The summed E-state index contributed by atoms with van der Waals surface area (Å²) in [4.78, 5) is 16.9. The van der Waals surface area contributed by atoms with Gasteiger partial charge in [-0.1, -0.05) is 25.0 Å². The van der Waals surface area contributed by atoms with E-state index in [0.717, 1.165) is 24.5 Å². The van der Waals surface area contributed by atoms with Gasteiger partial charge in [-0.25, -0.2) is 13.9 Å². The summed E-state index contributed by atoms with van der Waals surface area (Å²) < 4.78 is 53.9. The maximum Gasteiger partial charge on any atom is 0.433 e. The summed E-state index contributed by atoms with van der Waals surface area (Å²) in [5.74, 6) is -0.970. The molecule has 1 saturated carbocycles. The number of nitrogens with one attached hydrogen (secondary N) is 1. The molecular weight excluding hydrogens is 388 g/mol. The van der Waals surface area contributed by atoms with Crippen LogP contribution < -0.4 is 5.32 Å². The van der Waals surface area contributed by atoms with Gasteiger partial charge in [0, 0.05) is 11.8 Å². The van der Waals surface area contributed by atoms with Gasteiger partial charge in [0.2, 0.25) is 0 Å². The maximum absolute atomic E-state index is 13.3. The van der Waals surface area contributed by atoms with Gasteiger partial charge in [-0.3, -0.25) is 4.79 Å². The molecule has 3 aromatic rings. The van der Waals surface area contributed by atoms with Crippen LogP contribution in [0.5, 0.6) is 0 Å². The van der Waals surface area contributed by atoms with Gasteiger partial charge in [-0.05, 0) is 43.5 Å². The summed E-state index contributed by atoms with van der Waals surface area (Å²) in [6.07, 6.45) is -1.57. The number of rotatable bonds is 3. The zero-order chi connectivity index (χ0) is 20.8. The zero-order valence-electron chi connectivity index (χ0n) is 15.6. The van der Waals surface area contributed by atoms with Crippen molar-refractivity contribution in [2.75, 3.05) is 0 Å². The number of alkyl halides is 3. The molecule has 0 saturated heterocycles. The summed E-state index contributed by atoms with van der Waals surface area (Å²) in [5.41, 5.74) is -0.954. The summed E-state index contributed by atoms with van der Waals surface area (Å²) in [6, 6.07) is 8.03. The van der Waals surface area contributed by atoms with Crippen molar-refractivity contribution in [3.63, 3.8) is 0 Å². The number of aromatic nitrogens is 3. The number of aryl methyl sites for hydroxylation is 1. The summed E-state index contributed by atoms with van der Waals surface area (Å²) in [7, 11) is 0. The fourth-order valence-corrected chi connectivity index (χ4v) is 3.93. The highest BCUT2D eigenvalue weighted by Gasteiger charge is 2.39. The number of halogens is 4. The molecule has 0 spiro atoms. The number of hydrogen-bond donors (Lipinski definition) is 1. The SMILES string of the molecule is Cc1cc(C(F)(F)F)n2nc(C(=O)NC3(c4ccc(F)cc4)CCCC3)cc2n1. The standard InChI is InChI=1S/C20H18F4N4O/c1-12-10-16(20(22,23)24)28-17(25-12)11-15(27-28)18(29)26-19(8-2-3-9-19)13-4-6-14(21)7-5-13/h4-7,10-11H,2-3,8-9H2,1H3,(H,26,29). The summed E-state index contributed by atoms with van der Waals surface area (Å²) >= 11 is 0. The molecule has 1 aliphatic rings. The molecule has 0 aliphatic heterocycles. The average Bonchev–Trinajstić information content (AvgIpc) is 3.28. The lowest BCUT2D eigenvalue weighted by Crippen LogP contribution is -2.44. The number of nitrogens with zero attached hydrogens (tertiary/aromatic N) is 3. The minimum Gasteiger partial charge on any atom is -0.341 e. The van der Waals surface area contributed by atoms with Crippen molar-refractivity contribution in [3.05, 3.63) is 64.9 Å². The molecule has 0 atom stereocenters. The molecule has 4 rings (SSSR count). The molecule has 0 bridgehead atoms. The highest BCUT2D eigenvalue weighted by molar-refractivity contribution is 5.94. The molecule has 2 aromatic heterocycles. The Morgan fingerprint density at radius 3 is 2.41 bits per heavy atom. The number of carbonyl (C=O) groups excluding carboxylic acids is 1. The van der Waals surface area contributed by atoms with E-state index < -0.39 is 23.3 Å². The second kappa shape index (κ2) is 6.82. The molecule has 1 fully saturated rings. The van der Waals surface area contributed by atoms with E-state index in [1.54, 1.807) is 12.1 Å². The molecule has 1 amide bonds. The average molecular weight is 406 g/mol. The molecule has 29 heavy (non-hydrogen) atoms. The van der Waals surface area contributed by atoms with Crippen LogP contribution in [-0.4, -0.2) is 20.5 Å². The Hall–Kier alpha value is -2.97. The zero-order valence-corrected chi connectivity index (χ0v) is 15.6. The lowest BCUT2D eigenvalue weighted by Gasteiger charge is -2.30. The number of fused-ring (bicyclic) bond motifs is 1. The smallest absolute Gasteiger partial charge is 0.341 e. The van der Waals surface area contributed by atoms with E-state index >= 15 is 0 Å². The molecule has 1 aliphatic carbocycles. The van der Waals surface area contributed by atoms with Crippen molar-refractivity contribution >= 4 is 11.6 Å². The number of benzene rings is 1. The molecular formula is C20H18F4N4O. The molecule has 152 valence electrons. The van der Waals surface area contributed by atoms with E-state index in [4.69, 9.17) is 0 Å². The fraction of sp³-hybridized carbons (Fsp3) is 0.350. The van der Waals surface area contributed by atoms with Crippen LogP contribution in [0.15, 0.2) is 36.4 Å². The van der Waals surface area contributed by atoms with E-state index in [1.807, 2.05) is 0 Å². The Morgan fingerprint density at radius 2 is 1.79 bits per heavy atom. The van der Waals surface area contributed by atoms with Crippen molar-refractivity contribution < 1.29 is 22.4 Å². The van der Waals surface area contributed by atoms with Gasteiger partial charge in [0.05, 0.1) is 5.54 Å². The molecule has 1 N–H and O–H groups in total. The van der Waals surface area contributed by atoms with Crippen LogP contribution in [0, 0.1) is 12.7 Å². The van der Waals surface area contributed by atoms with Gasteiger partial charge < -0.3 is 5.32 Å². The lowest BCUT2D eigenvalue weighted by atomic mass is 9.88. The van der Waals surface area contributed by atoms with E-state index in [1.165, 1.54) is 25.1 Å². The third-order valence-electron chi connectivity index (χ3n) is 5.29. The highest BCUT2D eigenvalue weighted by atomic mass is 19.4. The fourth-order valence-electron chi connectivity index (χ4n) is 3.93. The largest absolute Gasteiger partial charge is 0.433 e. The van der Waals surface area contributed by atoms with E-state index in [0.29, 0.717) is 17.4 Å². The minimum absolute atomic E-state index is 0.0512. The minimum atomic E-state index is -4.63. The van der Waals surface area contributed by atoms with E-state index in [9.17, 15) is 22.4 Å². The predicted molar refractivity (Wildman–Crippen MR) is 96.7 cm³/mol. The van der Waals surface area contributed by atoms with Gasteiger partial charge >= 0.3 is 6.18 Å². The predicted octanol–water partition coefficient (Wildman–Crippen LogP) is 4.39. The van der Waals surface area contributed by atoms with Crippen LogP contribution in [-0.2, 0) is 11.7 Å². The van der Waals surface area contributed by atoms with Crippen LogP contribution in [0.4, 0.5) is 17.6 Å². The van der Waals surface area contributed by atoms with Crippen LogP contribution in [0.3, 0.4) is 0 Å². The second-order valence-corrected chi connectivity index (χ2v) is 7.33. The quantitative estimate of drug-likeness (QED) is 0.656. The van der Waals surface area contributed by atoms with Gasteiger partial charge in [0.25, 0.3) is 5.91 Å². The van der Waals surface area contributed by atoms with Crippen molar-refractivity contribution in [2.24, 2.45) is 0 Å². The van der Waals surface area contributed by atoms with Gasteiger partial charge in [0.1, 0.15) is 11.5 Å². The third kappa shape index (κ3) is 3.56. The normalized spacial score (nSPS) is 16.3. The van der Waals surface area contributed by atoms with E-state index in [-0.39, 0.29) is 22.9 Å². The Labute approximate surface area is 163 Å². The topological polar surface area (TPSA) is 59.3 Å². The van der Waals surface area contributed by atoms with Gasteiger partial charge in [0.15, 0.2) is 11.3 Å². The first-order valence-corrected chi connectivity index (χ1v) is 9.21. The number of hydrogen-bond acceptors (Lipinski definition) is 3. The van der Waals surface area contributed by atoms with E-state index in [2.05, 4.69) is 15.4 Å². The lowest BCUT2D eigenvalue weighted by molar-refractivity contribution is -0.142. The van der Waals surface area contributed by atoms with Crippen LogP contribution in [0.25, 0.3) is 5.65 Å². The van der Waals surface area contributed by atoms with Crippen molar-refractivity contribution in [3.8, 4) is 0 Å². The van der Waals surface area contributed by atoms with Crippen molar-refractivity contribution in [2.45, 2.75) is 44.3 Å². The van der Waals surface area contributed by atoms with Crippen molar-refractivity contribution in [1.82, 2.24) is 19.9 Å². The van der Waals surface area contributed by atoms with Crippen molar-refractivity contribution in [1.29, 1.82) is 0 Å². The summed E-state index contributed by atoms with van der Waals surface area (Å²) in [6.45, 7) is 1.45. The van der Waals surface area contributed by atoms with Crippen LogP contribution >= 0.6 is 0 Å². The van der Waals surface area contributed by atoms with Crippen LogP contribution in [0.1, 0.15) is 53.1 Å². The highest BCUT2D eigenvalue weighted by Crippen LogP contribution is 2.39. The Morgan fingerprint density at radius 1 is 1.14 bits per heavy atom. The first kappa shape index (κ1) is 19.4. The number of amides is 1. The molecule has 0 unspecified atom stereocenters. The molecule has 9 heteroatoms. The number of carbonyl (C=O) groups is 1. The Balaban J connectivity index is 1.70. The second-order valence-electron chi connectivity index (χ2n) is 7.33. The van der Waals surface area contributed by atoms with Gasteiger partial charge in [-0.2, -0.15) is 18.3 Å².